The molecule has 1 fully saturated rings. The highest BCUT2D eigenvalue weighted by Crippen LogP contribution is 2.34. The molecule has 1 heterocycles. The Morgan fingerprint density at radius 3 is 2.43 bits per heavy atom. The van der Waals surface area contributed by atoms with Crippen LogP contribution in [0.3, 0.4) is 0 Å². The molecule has 116 valence electrons. The summed E-state index contributed by atoms with van der Waals surface area (Å²) in [5.74, 6) is -1.46. The van der Waals surface area contributed by atoms with E-state index in [1.165, 1.54) is 18.2 Å². The summed E-state index contributed by atoms with van der Waals surface area (Å²) < 4.78 is 10.2. The fourth-order valence-corrected chi connectivity index (χ4v) is 2.19. The van der Waals surface area contributed by atoms with Crippen LogP contribution >= 0.6 is 23.2 Å². The third-order valence-electron chi connectivity index (χ3n) is 2.97. The van der Waals surface area contributed by atoms with E-state index in [0.29, 0.717) is 0 Å². The van der Waals surface area contributed by atoms with Crippen molar-refractivity contribution >= 4 is 29.2 Å². The van der Waals surface area contributed by atoms with E-state index in [2.05, 4.69) is 0 Å². The van der Waals surface area contributed by atoms with Crippen molar-refractivity contribution in [2.24, 2.45) is 0 Å². The van der Waals surface area contributed by atoms with Crippen LogP contribution in [-0.4, -0.2) is 57.1 Å². The molecule has 0 unspecified atom stereocenters. The van der Waals surface area contributed by atoms with Gasteiger partial charge in [0, 0.05) is 0 Å². The molecule has 0 aromatic heterocycles. The Hall–Kier alpha value is -1.09. The monoisotopic (exact) mass is 338 g/mol. The van der Waals surface area contributed by atoms with Gasteiger partial charge in [-0.25, -0.2) is 4.79 Å². The molecule has 0 saturated carbocycles. The van der Waals surface area contributed by atoms with E-state index in [4.69, 9.17) is 37.8 Å². The van der Waals surface area contributed by atoms with Gasteiger partial charge >= 0.3 is 5.97 Å². The lowest BCUT2D eigenvalue weighted by atomic mass is 9.99. The third-order valence-corrected chi connectivity index (χ3v) is 3.77. The molecule has 0 radical (unpaired) electrons. The maximum Gasteiger partial charge on any atom is 0.335 e. The SMILES string of the molecule is O=C(O)[C@H]1O[C@@H](Oc2cccc(Cl)c2Cl)[C@H](O)[C@@H](O)[C@@H]1O. The van der Waals surface area contributed by atoms with Crippen LogP contribution in [0.5, 0.6) is 5.75 Å². The number of aliphatic hydroxyl groups excluding tert-OH is 3. The van der Waals surface area contributed by atoms with Gasteiger partial charge in [0.2, 0.25) is 6.29 Å². The molecule has 21 heavy (non-hydrogen) atoms. The van der Waals surface area contributed by atoms with Crippen molar-refractivity contribution in [3.8, 4) is 5.75 Å². The molecule has 1 aromatic rings. The summed E-state index contributed by atoms with van der Waals surface area (Å²) in [5.41, 5.74) is 0. The minimum Gasteiger partial charge on any atom is -0.479 e. The van der Waals surface area contributed by atoms with Crippen LogP contribution < -0.4 is 4.74 Å². The minimum atomic E-state index is -1.79. The van der Waals surface area contributed by atoms with Crippen molar-refractivity contribution in [1.29, 1.82) is 0 Å². The molecule has 7 nitrogen and oxygen atoms in total. The predicted octanol–water partition coefficient (Wildman–Crippen LogP) is 0.264. The van der Waals surface area contributed by atoms with Crippen LogP contribution in [0.25, 0.3) is 0 Å². The van der Waals surface area contributed by atoms with E-state index in [1.54, 1.807) is 0 Å². The molecule has 1 aromatic carbocycles. The van der Waals surface area contributed by atoms with Gasteiger partial charge in [0.15, 0.2) is 6.10 Å². The highest BCUT2D eigenvalue weighted by Gasteiger charge is 2.48. The molecule has 0 bridgehead atoms. The van der Waals surface area contributed by atoms with Crippen LogP contribution in [-0.2, 0) is 9.53 Å². The van der Waals surface area contributed by atoms with Gasteiger partial charge < -0.3 is 29.9 Å². The standard InChI is InChI=1S/C12H12Cl2O7/c13-4-2-1-3-5(6(4)14)20-12-9(17)7(15)8(16)10(21-12)11(18)19/h1-3,7-10,12,15-17H,(H,18,19)/t7-,8-,9+,10-,12+/m0/s1. The van der Waals surface area contributed by atoms with Gasteiger partial charge in [0.05, 0.1) is 5.02 Å². The van der Waals surface area contributed by atoms with Crippen molar-refractivity contribution in [2.45, 2.75) is 30.7 Å². The zero-order chi connectivity index (χ0) is 15.7. The third kappa shape index (κ3) is 3.23. The summed E-state index contributed by atoms with van der Waals surface area (Å²) >= 11 is 11.7. The van der Waals surface area contributed by atoms with Gasteiger partial charge in [-0.2, -0.15) is 0 Å². The molecule has 4 N–H and O–H groups in total. The largest absolute Gasteiger partial charge is 0.479 e. The highest BCUT2D eigenvalue weighted by molar-refractivity contribution is 6.42. The number of aliphatic hydroxyl groups is 3. The van der Waals surface area contributed by atoms with Gasteiger partial charge in [-0.1, -0.05) is 29.3 Å². The Balaban J connectivity index is 2.22. The van der Waals surface area contributed by atoms with Gasteiger partial charge in [-0.15, -0.1) is 0 Å². The number of benzene rings is 1. The van der Waals surface area contributed by atoms with Crippen molar-refractivity contribution < 1.29 is 34.7 Å². The smallest absolute Gasteiger partial charge is 0.335 e. The number of rotatable bonds is 3. The second-order valence-electron chi connectivity index (χ2n) is 4.40. The van der Waals surface area contributed by atoms with Crippen LogP contribution in [0.15, 0.2) is 18.2 Å². The number of carboxylic acid groups (broad SMARTS) is 1. The number of carbonyl (C=O) groups is 1. The molecule has 0 aliphatic carbocycles. The normalized spacial score (nSPS) is 32.7. The van der Waals surface area contributed by atoms with Gasteiger partial charge in [-0.05, 0) is 12.1 Å². The summed E-state index contributed by atoms with van der Waals surface area (Å²) in [6.07, 6.45) is -8.47. The first kappa shape index (κ1) is 16.3. The molecule has 9 heteroatoms. The summed E-state index contributed by atoms with van der Waals surface area (Å²) in [6, 6.07) is 4.46. The summed E-state index contributed by atoms with van der Waals surface area (Å²) in [7, 11) is 0. The number of hydrogen-bond donors (Lipinski definition) is 4. The molecule has 2 rings (SSSR count). The summed E-state index contributed by atoms with van der Waals surface area (Å²) in [6.45, 7) is 0. The Bertz CT molecular complexity index is 538. The molecule has 1 aliphatic rings. The topological polar surface area (TPSA) is 116 Å². The van der Waals surface area contributed by atoms with E-state index in [0.717, 1.165) is 0 Å². The van der Waals surface area contributed by atoms with E-state index in [9.17, 15) is 20.1 Å². The average molecular weight is 339 g/mol. The molecular weight excluding hydrogens is 327 g/mol. The van der Waals surface area contributed by atoms with Gasteiger partial charge in [0.1, 0.15) is 29.1 Å². The van der Waals surface area contributed by atoms with Crippen molar-refractivity contribution in [3.05, 3.63) is 28.2 Å². The lowest BCUT2D eigenvalue weighted by Crippen LogP contribution is -2.61. The quantitative estimate of drug-likeness (QED) is 0.624. The average Bonchev–Trinajstić information content (AvgIpc) is 2.43. The number of ether oxygens (including phenoxy) is 2. The first-order valence-electron chi connectivity index (χ1n) is 5.86. The maximum absolute atomic E-state index is 11.0. The predicted molar refractivity (Wildman–Crippen MR) is 71.4 cm³/mol. The Kier molecular flexibility index (Phi) is 4.92. The molecule has 0 spiro atoms. The number of aliphatic carboxylic acids is 1. The summed E-state index contributed by atoms with van der Waals surface area (Å²) in [4.78, 5) is 11.0. The molecule has 1 aliphatic heterocycles. The number of hydrogen-bond acceptors (Lipinski definition) is 6. The van der Waals surface area contributed by atoms with Crippen molar-refractivity contribution in [2.75, 3.05) is 0 Å². The molecule has 0 amide bonds. The Labute approximate surface area is 129 Å². The first-order valence-corrected chi connectivity index (χ1v) is 6.61. The summed E-state index contributed by atoms with van der Waals surface area (Å²) in [5, 5.41) is 38.1. The zero-order valence-electron chi connectivity index (χ0n) is 10.4. The molecule has 5 atom stereocenters. The lowest BCUT2D eigenvalue weighted by Gasteiger charge is -2.38. The first-order chi connectivity index (χ1) is 9.82. The van der Waals surface area contributed by atoms with E-state index in [-0.39, 0.29) is 15.8 Å². The maximum atomic E-state index is 11.0. The minimum absolute atomic E-state index is 0.0425. The van der Waals surface area contributed by atoms with Crippen LogP contribution in [0.4, 0.5) is 0 Å². The number of halogens is 2. The van der Waals surface area contributed by atoms with E-state index >= 15 is 0 Å². The number of carboxylic acids is 1. The second-order valence-corrected chi connectivity index (χ2v) is 5.19. The molecule has 1 saturated heterocycles. The van der Waals surface area contributed by atoms with E-state index in [1.807, 2.05) is 0 Å². The fourth-order valence-electron chi connectivity index (χ4n) is 1.85. The lowest BCUT2D eigenvalue weighted by molar-refractivity contribution is -0.271. The zero-order valence-corrected chi connectivity index (χ0v) is 11.9. The molecular formula is C12H12Cl2O7. The van der Waals surface area contributed by atoms with Crippen LogP contribution in [0, 0.1) is 0 Å². The Morgan fingerprint density at radius 2 is 1.81 bits per heavy atom. The van der Waals surface area contributed by atoms with E-state index < -0.39 is 36.7 Å². The van der Waals surface area contributed by atoms with Crippen molar-refractivity contribution in [3.63, 3.8) is 0 Å². The van der Waals surface area contributed by atoms with Gasteiger partial charge in [-0.3, -0.25) is 0 Å². The van der Waals surface area contributed by atoms with Gasteiger partial charge in [0.25, 0.3) is 0 Å². The fraction of sp³-hybridized carbons (Fsp3) is 0.417. The Morgan fingerprint density at radius 1 is 1.14 bits per heavy atom. The second kappa shape index (κ2) is 6.35. The van der Waals surface area contributed by atoms with Crippen molar-refractivity contribution in [1.82, 2.24) is 0 Å². The highest BCUT2D eigenvalue weighted by atomic mass is 35.5. The van der Waals surface area contributed by atoms with Crippen LogP contribution in [0.1, 0.15) is 0 Å². The van der Waals surface area contributed by atoms with Crippen LogP contribution in [0.2, 0.25) is 10.0 Å².